The first-order valence-corrected chi connectivity index (χ1v) is 7.57. The smallest absolute Gasteiger partial charge is 0.338 e. The van der Waals surface area contributed by atoms with E-state index in [0.29, 0.717) is 23.5 Å². The molecule has 122 valence electrons. The molecular weight excluding hydrogens is 318 g/mol. The molecule has 1 aromatic heterocycles. The molecule has 0 spiro atoms. The van der Waals surface area contributed by atoms with E-state index < -0.39 is 5.97 Å². The van der Waals surface area contributed by atoms with Gasteiger partial charge < -0.3 is 10.1 Å². The van der Waals surface area contributed by atoms with Gasteiger partial charge in [-0.25, -0.2) is 4.79 Å². The first kappa shape index (κ1) is 17.0. The zero-order valence-electron chi connectivity index (χ0n) is 13.2. The number of carbonyl (C=O) groups excluding carboxylic acids is 2. The van der Waals surface area contributed by atoms with Crippen molar-refractivity contribution in [3.63, 3.8) is 0 Å². The van der Waals surface area contributed by atoms with Crippen LogP contribution >= 0.6 is 11.6 Å². The number of aryl methyl sites for hydroxylation is 1. The molecule has 1 N–H and O–H groups in total. The Bertz CT molecular complexity index is 740. The third kappa shape index (κ3) is 3.71. The number of esters is 1. The van der Waals surface area contributed by atoms with Crippen molar-refractivity contribution < 1.29 is 14.3 Å². The number of methoxy groups -OCH3 is 1. The lowest BCUT2D eigenvalue weighted by Gasteiger charge is -2.10. The molecule has 0 radical (unpaired) electrons. The third-order valence-electron chi connectivity index (χ3n) is 3.51. The SMILES string of the molecule is COC(=O)c1ccccc1Cn1nc(C)c(NC(=O)CCl)c1C. The number of ether oxygens (including phenoxy) is 1. The molecule has 0 bridgehead atoms. The van der Waals surface area contributed by atoms with Crippen LogP contribution in [-0.4, -0.2) is 34.6 Å². The van der Waals surface area contributed by atoms with Crippen LogP contribution in [-0.2, 0) is 16.1 Å². The lowest BCUT2D eigenvalue weighted by molar-refractivity contribution is -0.113. The molecule has 2 rings (SSSR count). The Balaban J connectivity index is 2.33. The first-order valence-electron chi connectivity index (χ1n) is 7.04. The summed E-state index contributed by atoms with van der Waals surface area (Å²) in [6.45, 7) is 4.05. The fourth-order valence-corrected chi connectivity index (χ4v) is 2.40. The van der Waals surface area contributed by atoms with Crippen molar-refractivity contribution in [3.8, 4) is 0 Å². The normalized spacial score (nSPS) is 10.4. The molecule has 23 heavy (non-hydrogen) atoms. The van der Waals surface area contributed by atoms with Gasteiger partial charge in [0.25, 0.3) is 0 Å². The van der Waals surface area contributed by atoms with Crippen LogP contribution in [0.5, 0.6) is 0 Å². The maximum atomic E-state index is 11.8. The van der Waals surface area contributed by atoms with E-state index in [1.54, 1.807) is 23.7 Å². The maximum Gasteiger partial charge on any atom is 0.338 e. The quantitative estimate of drug-likeness (QED) is 0.673. The van der Waals surface area contributed by atoms with Crippen molar-refractivity contribution in [1.82, 2.24) is 9.78 Å². The van der Waals surface area contributed by atoms with E-state index in [1.165, 1.54) is 7.11 Å². The van der Waals surface area contributed by atoms with Crippen molar-refractivity contribution in [1.29, 1.82) is 0 Å². The summed E-state index contributed by atoms with van der Waals surface area (Å²) in [5.41, 5.74) is 3.41. The summed E-state index contributed by atoms with van der Waals surface area (Å²) < 4.78 is 6.54. The molecule has 0 aliphatic heterocycles. The van der Waals surface area contributed by atoms with Crippen LogP contribution in [0.2, 0.25) is 0 Å². The van der Waals surface area contributed by atoms with E-state index in [0.717, 1.165) is 11.3 Å². The summed E-state index contributed by atoms with van der Waals surface area (Å²) in [5, 5.41) is 7.16. The van der Waals surface area contributed by atoms with Gasteiger partial charge in [0.15, 0.2) is 0 Å². The number of carbonyl (C=O) groups is 2. The number of hydrogen-bond acceptors (Lipinski definition) is 4. The van der Waals surface area contributed by atoms with Gasteiger partial charge in [0, 0.05) is 0 Å². The average molecular weight is 336 g/mol. The third-order valence-corrected chi connectivity index (χ3v) is 3.75. The van der Waals surface area contributed by atoms with Crippen LogP contribution in [0.1, 0.15) is 27.3 Å². The minimum Gasteiger partial charge on any atom is -0.465 e. The molecule has 0 unspecified atom stereocenters. The number of alkyl halides is 1. The molecule has 0 saturated carbocycles. The molecule has 0 fully saturated rings. The molecule has 0 aliphatic carbocycles. The minimum absolute atomic E-state index is 0.116. The second-order valence-electron chi connectivity index (χ2n) is 5.03. The average Bonchev–Trinajstić information content (AvgIpc) is 2.82. The van der Waals surface area contributed by atoms with Gasteiger partial charge in [0.2, 0.25) is 5.91 Å². The Labute approximate surface area is 139 Å². The van der Waals surface area contributed by atoms with Gasteiger partial charge in [-0.3, -0.25) is 9.48 Å². The molecule has 1 heterocycles. The lowest BCUT2D eigenvalue weighted by atomic mass is 10.1. The summed E-state index contributed by atoms with van der Waals surface area (Å²) in [4.78, 5) is 23.3. The van der Waals surface area contributed by atoms with Gasteiger partial charge in [0.05, 0.1) is 36.3 Å². The molecule has 0 atom stereocenters. The Morgan fingerprint density at radius 1 is 1.30 bits per heavy atom. The highest BCUT2D eigenvalue weighted by molar-refractivity contribution is 6.29. The highest BCUT2D eigenvalue weighted by atomic mass is 35.5. The fraction of sp³-hybridized carbons (Fsp3) is 0.312. The van der Waals surface area contributed by atoms with Crippen LogP contribution in [0.15, 0.2) is 24.3 Å². The Kier molecular flexibility index (Phi) is 5.39. The van der Waals surface area contributed by atoms with Crippen molar-refractivity contribution in [2.24, 2.45) is 0 Å². The Morgan fingerprint density at radius 2 is 2.00 bits per heavy atom. The van der Waals surface area contributed by atoms with Crippen molar-refractivity contribution in [3.05, 3.63) is 46.8 Å². The summed E-state index contributed by atoms with van der Waals surface area (Å²) in [7, 11) is 1.35. The maximum absolute atomic E-state index is 11.8. The van der Waals surface area contributed by atoms with E-state index in [9.17, 15) is 9.59 Å². The number of nitrogens with one attached hydrogen (secondary N) is 1. The Hall–Kier alpha value is -2.34. The van der Waals surface area contributed by atoms with E-state index >= 15 is 0 Å². The van der Waals surface area contributed by atoms with Crippen LogP contribution < -0.4 is 5.32 Å². The monoisotopic (exact) mass is 335 g/mol. The minimum atomic E-state index is -0.391. The predicted octanol–water partition coefficient (Wildman–Crippen LogP) is 2.51. The molecule has 0 aliphatic rings. The summed E-state index contributed by atoms with van der Waals surface area (Å²) in [5.74, 6) is -0.792. The van der Waals surface area contributed by atoms with Crippen molar-refractivity contribution in [2.45, 2.75) is 20.4 Å². The van der Waals surface area contributed by atoms with Gasteiger partial charge in [-0.05, 0) is 25.5 Å². The van der Waals surface area contributed by atoms with Crippen molar-refractivity contribution >= 4 is 29.2 Å². The molecule has 2 aromatic rings. The van der Waals surface area contributed by atoms with Crippen molar-refractivity contribution in [2.75, 3.05) is 18.3 Å². The van der Waals surface area contributed by atoms with E-state index in [1.807, 2.05) is 19.1 Å². The van der Waals surface area contributed by atoms with E-state index in [2.05, 4.69) is 10.4 Å². The molecule has 7 heteroatoms. The number of benzene rings is 1. The lowest BCUT2D eigenvalue weighted by Crippen LogP contribution is -2.14. The number of anilines is 1. The Morgan fingerprint density at radius 3 is 2.65 bits per heavy atom. The first-order chi connectivity index (χ1) is 11.0. The topological polar surface area (TPSA) is 73.2 Å². The zero-order chi connectivity index (χ0) is 17.0. The van der Waals surface area contributed by atoms with Crippen LogP contribution in [0.25, 0.3) is 0 Å². The second-order valence-corrected chi connectivity index (χ2v) is 5.30. The summed E-state index contributed by atoms with van der Waals surface area (Å²) >= 11 is 5.52. The number of rotatable bonds is 5. The highest BCUT2D eigenvalue weighted by Crippen LogP contribution is 2.21. The van der Waals surface area contributed by atoms with Gasteiger partial charge in [-0.1, -0.05) is 18.2 Å². The van der Waals surface area contributed by atoms with Crippen LogP contribution in [0, 0.1) is 13.8 Å². The van der Waals surface area contributed by atoms with Gasteiger partial charge in [-0.15, -0.1) is 11.6 Å². The summed E-state index contributed by atoms with van der Waals surface area (Å²) in [6.07, 6.45) is 0. The van der Waals surface area contributed by atoms with Crippen LogP contribution in [0.4, 0.5) is 5.69 Å². The number of nitrogens with zero attached hydrogens (tertiary/aromatic N) is 2. The molecule has 1 amide bonds. The van der Waals surface area contributed by atoms with E-state index in [-0.39, 0.29) is 11.8 Å². The predicted molar refractivity (Wildman–Crippen MR) is 87.9 cm³/mol. The highest BCUT2D eigenvalue weighted by Gasteiger charge is 2.16. The standard InChI is InChI=1S/C16H18ClN3O3/c1-10-15(18-14(21)8-17)11(2)20(19-10)9-12-6-4-5-7-13(12)16(22)23-3/h4-7H,8-9H2,1-3H3,(H,18,21). The van der Waals surface area contributed by atoms with Gasteiger partial charge in [0.1, 0.15) is 5.88 Å². The van der Waals surface area contributed by atoms with Gasteiger partial charge in [-0.2, -0.15) is 5.10 Å². The molecule has 0 saturated heterocycles. The fourth-order valence-electron chi connectivity index (χ4n) is 2.33. The number of aromatic nitrogens is 2. The second kappa shape index (κ2) is 7.28. The number of hydrogen-bond donors (Lipinski definition) is 1. The number of halogens is 1. The summed E-state index contributed by atoms with van der Waals surface area (Å²) in [6, 6.07) is 7.19. The van der Waals surface area contributed by atoms with Gasteiger partial charge >= 0.3 is 5.97 Å². The number of amides is 1. The zero-order valence-corrected chi connectivity index (χ0v) is 14.0. The van der Waals surface area contributed by atoms with Crippen LogP contribution in [0.3, 0.4) is 0 Å². The molecule has 1 aromatic carbocycles. The molecule has 6 nitrogen and oxygen atoms in total. The molecular formula is C16H18ClN3O3. The largest absolute Gasteiger partial charge is 0.465 e. The van der Waals surface area contributed by atoms with E-state index in [4.69, 9.17) is 16.3 Å².